The minimum atomic E-state index is -0.476. The maximum atomic E-state index is 12.0. The van der Waals surface area contributed by atoms with Crippen LogP contribution in [0.3, 0.4) is 0 Å². The van der Waals surface area contributed by atoms with Gasteiger partial charge in [-0.25, -0.2) is 0 Å². The highest BCUT2D eigenvalue weighted by Gasteiger charge is 2.10. The van der Waals surface area contributed by atoms with Gasteiger partial charge in [-0.15, -0.1) is 0 Å². The van der Waals surface area contributed by atoms with E-state index in [1.807, 2.05) is 0 Å². The fourth-order valence-electron chi connectivity index (χ4n) is 1.10. The summed E-state index contributed by atoms with van der Waals surface area (Å²) in [7, 11) is 0. The van der Waals surface area contributed by atoms with Gasteiger partial charge in [0.05, 0.1) is 6.67 Å². The van der Waals surface area contributed by atoms with Gasteiger partial charge in [-0.1, -0.05) is 22.0 Å². The molecule has 72 valence electrons. The molecule has 0 fully saturated rings. The van der Waals surface area contributed by atoms with Crippen molar-refractivity contribution in [3.8, 4) is 5.75 Å². The normalized spacial score (nSPS) is 12.8. The number of phenolic OH excluding ortho intramolecular Hbond substituents is 1. The summed E-state index contributed by atoms with van der Waals surface area (Å²) in [6.07, 6.45) is 0.231. The van der Waals surface area contributed by atoms with E-state index in [1.54, 1.807) is 18.2 Å². The van der Waals surface area contributed by atoms with Gasteiger partial charge in [0.2, 0.25) is 0 Å². The Morgan fingerprint density at radius 2 is 2.23 bits per heavy atom. The summed E-state index contributed by atoms with van der Waals surface area (Å²) in [5.74, 6) is 0.107. The highest BCUT2D eigenvalue weighted by Crippen LogP contribution is 2.27. The first-order valence-electron chi connectivity index (χ1n) is 3.95. The molecule has 3 N–H and O–H groups in total. The number of hydrogen-bond donors (Lipinski definition) is 2. The van der Waals surface area contributed by atoms with Crippen LogP contribution in [0.15, 0.2) is 22.7 Å². The summed E-state index contributed by atoms with van der Waals surface area (Å²) in [6.45, 7) is -0.476. The monoisotopic (exact) mass is 247 g/mol. The number of halogens is 2. The van der Waals surface area contributed by atoms with Gasteiger partial charge in [-0.2, -0.15) is 0 Å². The lowest BCUT2D eigenvalue weighted by molar-refractivity contribution is 0.424. The van der Waals surface area contributed by atoms with Gasteiger partial charge in [0.1, 0.15) is 5.75 Å². The van der Waals surface area contributed by atoms with E-state index in [4.69, 9.17) is 5.73 Å². The molecule has 0 radical (unpaired) electrons. The summed E-state index contributed by atoms with van der Waals surface area (Å²) in [4.78, 5) is 0. The molecule has 0 unspecified atom stereocenters. The topological polar surface area (TPSA) is 46.2 Å². The highest BCUT2D eigenvalue weighted by atomic mass is 79.9. The number of phenols is 1. The maximum Gasteiger partial charge on any atom is 0.121 e. The van der Waals surface area contributed by atoms with Gasteiger partial charge in [-0.3, -0.25) is 4.39 Å². The number of rotatable bonds is 3. The summed E-state index contributed by atoms with van der Waals surface area (Å²) < 4.78 is 12.7. The molecule has 1 aromatic rings. The van der Waals surface area contributed by atoms with Crippen molar-refractivity contribution in [1.29, 1.82) is 0 Å². The van der Waals surface area contributed by atoms with Crippen molar-refractivity contribution in [1.82, 2.24) is 0 Å². The van der Waals surface area contributed by atoms with Gasteiger partial charge in [0.15, 0.2) is 0 Å². The van der Waals surface area contributed by atoms with Crippen molar-refractivity contribution < 1.29 is 9.50 Å². The lowest BCUT2D eigenvalue weighted by Gasteiger charge is -2.11. The second kappa shape index (κ2) is 4.58. The van der Waals surface area contributed by atoms with E-state index in [2.05, 4.69) is 15.9 Å². The van der Waals surface area contributed by atoms with Gasteiger partial charge >= 0.3 is 0 Å². The molecule has 4 heteroatoms. The standard InChI is InChI=1S/C9H11BrFNO/c10-6-1-2-7(9(13)5-6)8(12)3-4-11/h1-2,5,8,13H,3-4,12H2/t8-/m1/s1. The Hall–Kier alpha value is -0.610. The van der Waals surface area contributed by atoms with E-state index >= 15 is 0 Å². The molecule has 0 aromatic heterocycles. The minimum absolute atomic E-state index is 0.107. The van der Waals surface area contributed by atoms with Crippen LogP contribution in [0.1, 0.15) is 18.0 Å². The molecule has 1 atom stereocenters. The molecular weight excluding hydrogens is 237 g/mol. The van der Waals surface area contributed by atoms with E-state index in [0.717, 1.165) is 4.47 Å². The van der Waals surface area contributed by atoms with Crippen LogP contribution in [0.5, 0.6) is 5.75 Å². The number of hydrogen-bond acceptors (Lipinski definition) is 2. The van der Waals surface area contributed by atoms with E-state index in [1.165, 1.54) is 0 Å². The average Bonchev–Trinajstić information content (AvgIpc) is 2.04. The maximum absolute atomic E-state index is 12.0. The zero-order valence-electron chi connectivity index (χ0n) is 7.00. The molecule has 0 saturated heterocycles. The molecule has 1 rings (SSSR count). The lowest BCUT2D eigenvalue weighted by Crippen LogP contribution is -2.10. The van der Waals surface area contributed by atoms with Gasteiger partial charge in [-0.05, 0) is 18.6 Å². The molecule has 0 amide bonds. The molecule has 2 nitrogen and oxygen atoms in total. The fourth-order valence-corrected chi connectivity index (χ4v) is 1.45. The number of aromatic hydroxyl groups is 1. The first-order chi connectivity index (χ1) is 6.15. The highest BCUT2D eigenvalue weighted by molar-refractivity contribution is 9.10. The number of benzene rings is 1. The predicted octanol–water partition coefficient (Wildman–Crippen LogP) is 2.51. The predicted molar refractivity (Wildman–Crippen MR) is 53.3 cm³/mol. The third-order valence-corrected chi connectivity index (χ3v) is 2.31. The average molecular weight is 248 g/mol. The lowest BCUT2D eigenvalue weighted by atomic mass is 10.0. The Morgan fingerprint density at radius 1 is 1.54 bits per heavy atom. The Balaban J connectivity index is 2.88. The third kappa shape index (κ3) is 2.67. The van der Waals surface area contributed by atoms with Crippen LogP contribution in [0.2, 0.25) is 0 Å². The summed E-state index contributed by atoms with van der Waals surface area (Å²) in [6, 6.07) is 4.58. The van der Waals surface area contributed by atoms with E-state index in [0.29, 0.717) is 5.56 Å². The minimum Gasteiger partial charge on any atom is -0.508 e. The van der Waals surface area contributed by atoms with E-state index in [9.17, 15) is 9.50 Å². The first kappa shape index (κ1) is 10.5. The van der Waals surface area contributed by atoms with Crippen LogP contribution in [-0.4, -0.2) is 11.8 Å². The molecule has 0 aliphatic heterocycles. The SMILES string of the molecule is N[C@H](CCF)c1ccc(Br)cc1O. The van der Waals surface area contributed by atoms with Crippen molar-refractivity contribution in [2.24, 2.45) is 5.73 Å². The van der Waals surface area contributed by atoms with Crippen molar-refractivity contribution in [2.45, 2.75) is 12.5 Å². The van der Waals surface area contributed by atoms with Crippen LogP contribution in [0.4, 0.5) is 4.39 Å². The van der Waals surface area contributed by atoms with Crippen LogP contribution in [-0.2, 0) is 0 Å². The van der Waals surface area contributed by atoms with E-state index < -0.39 is 12.7 Å². The Bertz CT molecular complexity index is 293. The first-order valence-corrected chi connectivity index (χ1v) is 4.74. The summed E-state index contributed by atoms with van der Waals surface area (Å²) in [5.41, 5.74) is 6.23. The van der Waals surface area contributed by atoms with Crippen molar-refractivity contribution in [3.63, 3.8) is 0 Å². The molecular formula is C9H11BrFNO. The smallest absolute Gasteiger partial charge is 0.121 e. The van der Waals surface area contributed by atoms with Gasteiger partial charge in [0, 0.05) is 16.1 Å². The molecule has 0 aliphatic rings. The Morgan fingerprint density at radius 3 is 2.77 bits per heavy atom. The zero-order chi connectivity index (χ0) is 9.84. The van der Waals surface area contributed by atoms with Crippen molar-refractivity contribution in [3.05, 3.63) is 28.2 Å². The summed E-state index contributed by atoms with van der Waals surface area (Å²) in [5, 5.41) is 9.46. The fraction of sp³-hybridized carbons (Fsp3) is 0.333. The molecule has 0 heterocycles. The zero-order valence-corrected chi connectivity index (χ0v) is 8.59. The molecule has 0 aliphatic carbocycles. The van der Waals surface area contributed by atoms with Gasteiger partial charge in [0.25, 0.3) is 0 Å². The van der Waals surface area contributed by atoms with Crippen LogP contribution >= 0.6 is 15.9 Å². The molecule has 13 heavy (non-hydrogen) atoms. The molecule has 1 aromatic carbocycles. The Kier molecular flexibility index (Phi) is 3.69. The van der Waals surface area contributed by atoms with Gasteiger partial charge < -0.3 is 10.8 Å². The van der Waals surface area contributed by atoms with Crippen molar-refractivity contribution >= 4 is 15.9 Å². The van der Waals surface area contributed by atoms with E-state index in [-0.39, 0.29) is 12.2 Å². The molecule has 0 saturated carbocycles. The third-order valence-electron chi connectivity index (χ3n) is 1.81. The second-order valence-electron chi connectivity index (χ2n) is 2.79. The molecule has 0 bridgehead atoms. The quantitative estimate of drug-likeness (QED) is 0.863. The van der Waals surface area contributed by atoms with Crippen LogP contribution < -0.4 is 5.73 Å². The van der Waals surface area contributed by atoms with Crippen LogP contribution in [0, 0.1) is 0 Å². The van der Waals surface area contributed by atoms with Crippen LogP contribution in [0.25, 0.3) is 0 Å². The number of nitrogens with two attached hydrogens (primary N) is 1. The van der Waals surface area contributed by atoms with Crippen molar-refractivity contribution in [2.75, 3.05) is 6.67 Å². The Labute approximate surface area is 84.7 Å². The molecule has 0 spiro atoms. The number of alkyl halides is 1. The largest absolute Gasteiger partial charge is 0.508 e. The summed E-state index contributed by atoms with van der Waals surface area (Å²) >= 11 is 3.21. The second-order valence-corrected chi connectivity index (χ2v) is 3.70.